The highest BCUT2D eigenvalue weighted by Crippen LogP contribution is 2.25. The molecule has 0 amide bonds. The monoisotopic (exact) mass is 356 g/mol. The minimum Gasteiger partial charge on any atom is -0.459 e. The molecule has 0 aliphatic carbocycles. The van der Waals surface area contributed by atoms with Gasteiger partial charge < -0.3 is 15.1 Å². The molecule has 3 rings (SSSR count). The van der Waals surface area contributed by atoms with Crippen LogP contribution in [0.1, 0.15) is 33.8 Å². The molecule has 3 aromatic rings. The van der Waals surface area contributed by atoms with Crippen LogP contribution < -0.4 is 10.6 Å². The van der Waals surface area contributed by atoms with Crippen molar-refractivity contribution in [2.45, 2.75) is 40.8 Å². The summed E-state index contributed by atoms with van der Waals surface area (Å²) in [6, 6.07) is 8.09. The van der Waals surface area contributed by atoms with Gasteiger partial charge in [0, 0.05) is 22.4 Å². The number of nitrogens with zero attached hydrogens (tertiary/aromatic N) is 2. The Balaban J connectivity index is 1.71. The highest BCUT2D eigenvalue weighted by Gasteiger charge is 2.10. The van der Waals surface area contributed by atoms with E-state index in [1.54, 1.807) is 11.3 Å². The van der Waals surface area contributed by atoms with Gasteiger partial charge in [0.05, 0.1) is 12.2 Å². The fourth-order valence-corrected chi connectivity index (χ4v) is 3.52. The van der Waals surface area contributed by atoms with Crippen LogP contribution in [0.3, 0.4) is 0 Å². The number of guanidine groups is 1. The van der Waals surface area contributed by atoms with E-state index in [-0.39, 0.29) is 0 Å². The van der Waals surface area contributed by atoms with Crippen LogP contribution in [-0.4, -0.2) is 17.5 Å². The SMILES string of the molecule is CCNC(=NCc1oc2ccccc2c1C)NCc1nc(C)c(C)s1. The average Bonchev–Trinajstić information content (AvgIpc) is 3.10. The highest BCUT2D eigenvalue weighted by molar-refractivity contribution is 7.11. The number of aromatic nitrogens is 1. The minimum absolute atomic E-state index is 0.506. The van der Waals surface area contributed by atoms with E-state index in [1.807, 2.05) is 25.1 Å². The normalized spacial score (nSPS) is 11.9. The maximum absolute atomic E-state index is 5.94. The first-order chi connectivity index (χ1) is 12.1. The number of furan rings is 1. The van der Waals surface area contributed by atoms with Crippen LogP contribution in [0.5, 0.6) is 0 Å². The Morgan fingerprint density at radius 3 is 2.68 bits per heavy atom. The van der Waals surface area contributed by atoms with Crippen LogP contribution >= 0.6 is 11.3 Å². The van der Waals surface area contributed by atoms with Gasteiger partial charge in [-0.2, -0.15) is 0 Å². The fourth-order valence-electron chi connectivity index (χ4n) is 2.64. The lowest BCUT2D eigenvalue weighted by atomic mass is 10.1. The first kappa shape index (κ1) is 17.5. The summed E-state index contributed by atoms with van der Waals surface area (Å²) in [6.45, 7) is 10.3. The zero-order valence-corrected chi connectivity index (χ0v) is 16.0. The molecule has 132 valence electrons. The van der Waals surface area contributed by atoms with Gasteiger partial charge in [-0.1, -0.05) is 18.2 Å². The molecule has 2 heterocycles. The third-order valence-electron chi connectivity index (χ3n) is 4.15. The number of para-hydroxylation sites is 1. The molecule has 6 heteroatoms. The molecule has 0 atom stereocenters. The van der Waals surface area contributed by atoms with Gasteiger partial charge in [0.2, 0.25) is 0 Å². The van der Waals surface area contributed by atoms with E-state index in [0.29, 0.717) is 13.1 Å². The smallest absolute Gasteiger partial charge is 0.192 e. The highest BCUT2D eigenvalue weighted by atomic mass is 32.1. The molecule has 25 heavy (non-hydrogen) atoms. The Kier molecular flexibility index (Phi) is 5.38. The molecule has 0 saturated carbocycles. The summed E-state index contributed by atoms with van der Waals surface area (Å²) in [5.41, 5.74) is 3.17. The predicted molar refractivity (Wildman–Crippen MR) is 104 cm³/mol. The molecule has 1 aromatic carbocycles. The Morgan fingerprint density at radius 1 is 1.20 bits per heavy atom. The van der Waals surface area contributed by atoms with Gasteiger partial charge in [-0.25, -0.2) is 9.98 Å². The van der Waals surface area contributed by atoms with Crippen LogP contribution in [0.2, 0.25) is 0 Å². The van der Waals surface area contributed by atoms with Crippen molar-refractivity contribution in [1.29, 1.82) is 0 Å². The van der Waals surface area contributed by atoms with Crippen molar-refractivity contribution in [2.24, 2.45) is 4.99 Å². The number of hydrogen-bond acceptors (Lipinski definition) is 4. The van der Waals surface area contributed by atoms with Gasteiger partial charge in [-0.15, -0.1) is 11.3 Å². The van der Waals surface area contributed by atoms with Crippen LogP contribution in [0, 0.1) is 20.8 Å². The molecule has 0 aliphatic heterocycles. The van der Waals surface area contributed by atoms with Crippen molar-refractivity contribution in [2.75, 3.05) is 6.54 Å². The second-order valence-electron chi connectivity index (χ2n) is 5.94. The molecular weight excluding hydrogens is 332 g/mol. The van der Waals surface area contributed by atoms with Crippen molar-refractivity contribution >= 4 is 28.3 Å². The van der Waals surface area contributed by atoms with Crippen molar-refractivity contribution in [3.63, 3.8) is 0 Å². The number of hydrogen-bond donors (Lipinski definition) is 2. The molecule has 0 unspecified atom stereocenters. The predicted octanol–water partition coefficient (Wildman–Crippen LogP) is 4.07. The summed E-state index contributed by atoms with van der Waals surface area (Å²) in [5.74, 6) is 1.67. The molecule has 2 N–H and O–H groups in total. The van der Waals surface area contributed by atoms with E-state index in [4.69, 9.17) is 4.42 Å². The maximum atomic E-state index is 5.94. The van der Waals surface area contributed by atoms with Crippen LogP contribution in [-0.2, 0) is 13.1 Å². The van der Waals surface area contributed by atoms with Crippen LogP contribution in [0.4, 0.5) is 0 Å². The molecule has 2 aromatic heterocycles. The number of nitrogens with one attached hydrogen (secondary N) is 2. The Morgan fingerprint density at radius 2 is 2.00 bits per heavy atom. The average molecular weight is 356 g/mol. The van der Waals surface area contributed by atoms with E-state index in [0.717, 1.165) is 45.5 Å². The maximum Gasteiger partial charge on any atom is 0.192 e. The molecule has 0 bridgehead atoms. The number of rotatable bonds is 5. The quantitative estimate of drug-likeness (QED) is 0.534. The largest absolute Gasteiger partial charge is 0.459 e. The number of aryl methyl sites for hydroxylation is 3. The van der Waals surface area contributed by atoms with E-state index in [2.05, 4.69) is 47.4 Å². The van der Waals surface area contributed by atoms with Crippen molar-refractivity contribution < 1.29 is 4.42 Å². The number of fused-ring (bicyclic) bond motifs is 1. The Labute approximate surface area is 152 Å². The molecule has 0 spiro atoms. The van der Waals surface area contributed by atoms with E-state index in [9.17, 15) is 0 Å². The lowest BCUT2D eigenvalue weighted by Gasteiger charge is -2.09. The molecule has 0 saturated heterocycles. The first-order valence-corrected chi connectivity index (χ1v) is 9.32. The van der Waals surface area contributed by atoms with Crippen LogP contribution in [0.25, 0.3) is 11.0 Å². The summed E-state index contributed by atoms with van der Waals surface area (Å²) in [5, 5.41) is 8.84. The zero-order valence-electron chi connectivity index (χ0n) is 15.1. The molecule has 0 aliphatic rings. The van der Waals surface area contributed by atoms with Gasteiger partial charge in [0.1, 0.15) is 22.9 Å². The molecule has 5 nitrogen and oxygen atoms in total. The van der Waals surface area contributed by atoms with Gasteiger partial charge in [0.25, 0.3) is 0 Å². The Bertz CT molecular complexity index is 875. The number of aliphatic imine (C=N–C) groups is 1. The molecular formula is C19H24N4OS. The second-order valence-corrected chi connectivity index (χ2v) is 7.23. The third kappa shape index (κ3) is 4.02. The van der Waals surface area contributed by atoms with E-state index in [1.165, 1.54) is 4.88 Å². The Hall–Kier alpha value is -2.34. The lowest BCUT2D eigenvalue weighted by Crippen LogP contribution is -2.36. The molecule has 0 fully saturated rings. The van der Waals surface area contributed by atoms with Crippen LogP contribution in [0.15, 0.2) is 33.7 Å². The van der Waals surface area contributed by atoms with E-state index < -0.39 is 0 Å². The lowest BCUT2D eigenvalue weighted by molar-refractivity contribution is 0.548. The second kappa shape index (κ2) is 7.70. The first-order valence-electron chi connectivity index (χ1n) is 8.50. The zero-order chi connectivity index (χ0) is 17.8. The minimum atomic E-state index is 0.506. The number of benzene rings is 1. The van der Waals surface area contributed by atoms with Gasteiger partial charge >= 0.3 is 0 Å². The fraction of sp³-hybridized carbons (Fsp3) is 0.368. The van der Waals surface area contributed by atoms with Gasteiger partial charge in [0.15, 0.2) is 5.96 Å². The van der Waals surface area contributed by atoms with Gasteiger partial charge in [-0.3, -0.25) is 0 Å². The molecule has 0 radical (unpaired) electrons. The standard InChI is InChI=1S/C19H24N4OS/c1-5-20-19(22-11-18-23-13(3)14(4)25-18)21-10-17-12(2)15-8-6-7-9-16(15)24-17/h6-9H,5,10-11H2,1-4H3,(H2,20,21,22). The van der Waals surface area contributed by atoms with Crippen molar-refractivity contribution in [1.82, 2.24) is 15.6 Å². The van der Waals surface area contributed by atoms with E-state index >= 15 is 0 Å². The van der Waals surface area contributed by atoms with Crippen molar-refractivity contribution in [3.05, 3.63) is 51.2 Å². The summed E-state index contributed by atoms with van der Waals surface area (Å²) in [4.78, 5) is 10.5. The third-order valence-corrected chi connectivity index (χ3v) is 5.22. The summed E-state index contributed by atoms with van der Waals surface area (Å²) < 4.78 is 5.94. The van der Waals surface area contributed by atoms with Gasteiger partial charge in [-0.05, 0) is 33.8 Å². The summed E-state index contributed by atoms with van der Waals surface area (Å²) in [7, 11) is 0. The summed E-state index contributed by atoms with van der Waals surface area (Å²) in [6.07, 6.45) is 0. The topological polar surface area (TPSA) is 62.5 Å². The van der Waals surface area contributed by atoms with Crippen molar-refractivity contribution in [3.8, 4) is 0 Å². The summed E-state index contributed by atoms with van der Waals surface area (Å²) >= 11 is 1.72. The number of thiazole rings is 1.